The van der Waals surface area contributed by atoms with Crippen molar-refractivity contribution in [2.24, 2.45) is 7.05 Å². The molecule has 3 rings (SSSR count). The van der Waals surface area contributed by atoms with Gasteiger partial charge in [-0.25, -0.2) is 0 Å². The molecule has 2 heterocycles. The smallest absolute Gasteiger partial charge is 0.129 e. The van der Waals surface area contributed by atoms with E-state index in [0.29, 0.717) is 5.82 Å². The zero-order valence-electron chi connectivity index (χ0n) is 12.2. The Labute approximate surface area is 124 Å². The molecular weight excluding hydrogens is 260 g/mol. The van der Waals surface area contributed by atoms with Crippen molar-refractivity contribution in [3.05, 3.63) is 54.4 Å². The van der Waals surface area contributed by atoms with Gasteiger partial charge in [0.2, 0.25) is 0 Å². The molecular formula is C17H18N4. The van der Waals surface area contributed by atoms with Crippen LogP contribution in [0.3, 0.4) is 0 Å². The van der Waals surface area contributed by atoms with E-state index in [2.05, 4.69) is 41.3 Å². The van der Waals surface area contributed by atoms with E-state index in [4.69, 9.17) is 5.73 Å². The summed E-state index contributed by atoms with van der Waals surface area (Å²) in [4.78, 5) is 4.06. The molecule has 4 heteroatoms. The van der Waals surface area contributed by atoms with Gasteiger partial charge in [-0.3, -0.25) is 9.67 Å². The summed E-state index contributed by atoms with van der Waals surface area (Å²) < 4.78 is 1.72. The molecule has 0 fully saturated rings. The highest BCUT2D eigenvalue weighted by Gasteiger charge is 2.17. The normalized spacial score (nSPS) is 10.8. The van der Waals surface area contributed by atoms with Gasteiger partial charge in [0.1, 0.15) is 11.5 Å². The summed E-state index contributed by atoms with van der Waals surface area (Å²) in [7, 11) is 1.87. The van der Waals surface area contributed by atoms with Gasteiger partial charge in [0, 0.05) is 25.0 Å². The van der Waals surface area contributed by atoms with Gasteiger partial charge in [-0.15, -0.1) is 0 Å². The quantitative estimate of drug-likeness (QED) is 0.799. The molecule has 0 spiro atoms. The molecule has 3 aromatic rings. The minimum atomic E-state index is 0.663. The van der Waals surface area contributed by atoms with E-state index in [9.17, 15) is 0 Å². The summed E-state index contributed by atoms with van der Waals surface area (Å²) in [6.45, 7) is 2.15. The molecule has 0 atom stereocenters. The molecule has 0 aliphatic carbocycles. The van der Waals surface area contributed by atoms with Gasteiger partial charge in [0.05, 0.1) is 5.56 Å². The standard InChI is InChI=1S/C17H18N4/c1-3-12-4-6-14(7-5-12)16-15(17(18)21(2)20-16)13-8-10-19-11-9-13/h4-11H,3,18H2,1-2H3. The van der Waals surface area contributed by atoms with Crippen LogP contribution in [0, 0.1) is 0 Å². The first-order valence-electron chi connectivity index (χ1n) is 7.03. The van der Waals surface area contributed by atoms with E-state index >= 15 is 0 Å². The van der Waals surface area contributed by atoms with Crippen LogP contribution < -0.4 is 5.73 Å². The van der Waals surface area contributed by atoms with E-state index in [1.54, 1.807) is 17.1 Å². The monoisotopic (exact) mass is 278 g/mol. The predicted molar refractivity (Wildman–Crippen MR) is 85.7 cm³/mol. The van der Waals surface area contributed by atoms with Crippen molar-refractivity contribution in [3.8, 4) is 22.4 Å². The lowest BCUT2D eigenvalue weighted by atomic mass is 10.0. The van der Waals surface area contributed by atoms with Crippen LogP contribution in [0.4, 0.5) is 5.82 Å². The van der Waals surface area contributed by atoms with Crippen LogP contribution in [0.1, 0.15) is 12.5 Å². The maximum atomic E-state index is 6.21. The van der Waals surface area contributed by atoms with Crippen molar-refractivity contribution in [1.29, 1.82) is 0 Å². The third kappa shape index (κ3) is 2.40. The molecule has 106 valence electrons. The molecule has 0 saturated carbocycles. The van der Waals surface area contributed by atoms with Crippen molar-refractivity contribution < 1.29 is 0 Å². The topological polar surface area (TPSA) is 56.7 Å². The summed E-state index contributed by atoms with van der Waals surface area (Å²) in [5, 5.41) is 4.58. The van der Waals surface area contributed by atoms with Crippen LogP contribution in [0.25, 0.3) is 22.4 Å². The number of aromatic nitrogens is 3. The molecule has 21 heavy (non-hydrogen) atoms. The number of hydrogen-bond acceptors (Lipinski definition) is 3. The molecule has 4 nitrogen and oxygen atoms in total. The predicted octanol–water partition coefficient (Wildman–Crippen LogP) is 3.29. The van der Waals surface area contributed by atoms with Crippen molar-refractivity contribution in [2.75, 3.05) is 5.73 Å². The van der Waals surface area contributed by atoms with Gasteiger partial charge in [-0.2, -0.15) is 5.10 Å². The number of anilines is 1. The first kappa shape index (κ1) is 13.4. The van der Waals surface area contributed by atoms with Gasteiger partial charge in [0.25, 0.3) is 0 Å². The second kappa shape index (κ2) is 5.40. The van der Waals surface area contributed by atoms with Gasteiger partial charge in [-0.1, -0.05) is 31.2 Å². The number of rotatable bonds is 3. The number of pyridine rings is 1. The van der Waals surface area contributed by atoms with Crippen LogP contribution in [-0.4, -0.2) is 14.8 Å². The Morgan fingerprint density at radius 3 is 2.29 bits per heavy atom. The molecule has 0 radical (unpaired) electrons. The van der Waals surface area contributed by atoms with E-state index < -0.39 is 0 Å². The number of nitrogen functional groups attached to an aromatic ring is 1. The maximum absolute atomic E-state index is 6.21. The molecule has 2 aromatic heterocycles. The lowest BCUT2D eigenvalue weighted by molar-refractivity contribution is 0.782. The highest BCUT2D eigenvalue weighted by molar-refractivity contribution is 5.87. The zero-order chi connectivity index (χ0) is 14.8. The van der Waals surface area contributed by atoms with Gasteiger partial charge >= 0.3 is 0 Å². The van der Waals surface area contributed by atoms with Crippen LogP contribution in [0.2, 0.25) is 0 Å². The fourth-order valence-electron chi connectivity index (χ4n) is 2.44. The Hall–Kier alpha value is -2.62. The molecule has 1 aromatic carbocycles. The highest BCUT2D eigenvalue weighted by atomic mass is 15.3. The number of nitrogens with zero attached hydrogens (tertiary/aromatic N) is 3. The summed E-state index contributed by atoms with van der Waals surface area (Å²) in [6, 6.07) is 12.4. The SMILES string of the molecule is CCc1ccc(-c2nn(C)c(N)c2-c2ccncc2)cc1. The van der Waals surface area contributed by atoms with Crippen LogP contribution in [0.5, 0.6) is 0 Å². The first-order chi connectivity index (χ1) is 10.2. The second-order valence-electron chi connectivity index (χ2n) is 5.02. The molecule has 0 amide bonds. The summed E-state index contributed by atoms with van der Waals surface area (Å²) in [5.74, 6) is 0.663. The van der Waals surface area contributed by atoms with Crippen LogP contribution in [0.15, 0.2) is 48.8 Å². The summed E-state index contributed by atoms with van der Waals surface area (Å²) in [6.07, 6.45) is 4.57. The summed E-state index contributed by atoms with van der Waals surface area (Å²) >= 11 is 0. The van der Waals surface area contributed by atoms with Gasteiger partial charge < -0.3 is 5.73 Å². The second-order valence-corrected chi connectivity index (χ2v) is 5.02. The Morgan fingerprint density at radius 1 is 1.00 bits per heavy atom. The number of benzene rings is 1. The van der Waals surface area contributed by atoms with Crippen molar-refractivity contribution in [3.63, 3.8) is 0 Å². The van der Waals surface area contributed by atoms with E-state index in [1.165, 1.54) is 5.56 Å². The van der Waals surface area contributed by atoms with E-state index in [1.807, 2.05) is 19.2 Å². The van der Waals surface area contributed by atoms with Gasteiger partial charge in [0.15, 0.2) is 0 Å². The Balaban J connectivity index is 2.16. The minimum Gasteiger partial charge on any atom is -0.383 e. The molecule has 0 aliphatic heterocycles. The van der Waals surface area contributed by atoms with Crippen molar-refractivity contribution in [2.45, 2.75) is 13.3 Å². The molecule has 0 bridgehead atoms. The lowest BCUT2D eigenvalue weighted by Gasteiger charge is -2.05. The summed E-state index contributed by atoms with van der Waals surface area (Å²) in [5.41, 5.74) is 11.5. The van der Waals surface area contributed by atoms with E-state index in [0.717, 1.165) is 28.8 Å². The van der Waals surface area contributed by atoms with Gasteiger partial charge in [-0.05, 0) is 29.7 Å². The fourth-order valence-corrected chi connectivity index (χ4v) is 2.44. The van der Waals surface area contributed by atoms with Crippen LogP contribution >= 0.6 is 0 Å². The molecule has 0 aliphatic rings. The van der Waals surface area contributed by atoms with Crippen LogP contribution in [-0.2, 0) is 13.5 Å². The largest absolute Gasteiger partial charge is 0.383 e. The lowest BCUT2D eigenvalue weighted by Crippen LogP contribution is -1.97. The zero-order valence-corrected chi connectivity index (χ0v) is 12.2. The molecule has 0 unspecified atom stereocenters. The Morgan fingerprint density at radius 2 is 1.67 bits per heavy atom. The molecule has 2 N–H and O–H groups in total. The average molecular weight is 278 g/mol. The Bertz CT molecular complexity index is 742. The van der Waals surface area contributed by atoms with Crippen molar-refractivity contribution in [1.82, 2.24) is 14.8 Å². The third-order valence-electron chi connectivity index (χ3n) is 3.70. The number of nitrogens with two attached hydrogens (primary N) is 1. The third-order valence-corrected chi connectivity index (χ3v) is 3.70. The first-order valence-corrected chi connectivity index (χ1v) is 7.03. The average Bonchev–Trinajstić information content (AvgIpc) is 2.84. The fraction of sp³-hybridized carbons (Fsp3) is 0.176. The minimum absolute atomic E-state index is 0.663. The molecule has 0 saturated heterocycles. The maximum Gasteiger partial charge on any atom is 0.129 e. The number of hydrogen-bond donors (Lipinski definition) is 1. The van der Waals surface area contributed by atoms with E-state index in [-0.39, 0.29) is 0 Å². The Kier molecular flexibility index (Phi) is 3.44. The van der Waals surface area contributed by atoms with Crippen molar-refractivity contribution >= 4 is 5.82 Å². The highest BCUT2D eigenvalue weighted by Crippen LogP contribution is 2.35. The number of aryl methyl sites for hydroxylation is 2.